The molecule has 0 bridgehead atoms. The highest BCUT2D eigenvalue weighted by atomic mass is 16.3. The van der Waals surface area contributed by atoms with E-state index in [1.807, 2.05) is 6.07 Å². The van der Waals surface area contributed by atoms with Crippen molar-refractivity contribution < 1.29 is 5.11 Å². The summed E-state index contributed by atoms with van der Waals surface area (Å²) in [6.07, 6.45) is 14.9. The van der Waals surface area contributed by atoms with Gasteiger partial charge in [-0.25, -0.2) is 0 Å². The highest BCUT2D eigenvalue weighted by molar-refractivity contribution is 5.40. The third kappa shape index (κ3) is 8.44. The first-order valence-corrected chi connectivity index (χ1v) is 9.77. The van der Waals surface area contributed by atoms with Gasteiger partial charge in [-0.2, -0.15) is 0 Å². The Bertz CT molecular complexity index is 428. The number of benzene rings is 1. The molecule has 0 unspecified atom stereocenters. The Balaban J connectivity index is 2.17. The molecule has 0 spiro atoms. The molecule has 0 aromatic heterocycles. The zero-order valence-corrected chi connectivity index (χ0v) is 16.0. The van der Waals surface area contributed by atoms with Gasteiger partial charge in [-0.15, -0.1) is 0 Å². The lowest BCUT2D eigenvalue weighted by molar-refractivity contribution is 0.446. The molecule has 0 heterocycles. The highest BCUT2D eigenvalue weighted by Crippen LogP contribution is 2.31. The summed E-state index contributed by atoms with van der Waals surface area (Å²) in [5.41, 5.74) is 2.45. The summed E-state index contributed by atoms with van der Waals surface area (Å²) in [5.74, 6) is 0.435. The zero-order chi connectivity index (χ0) is 17.1. The molecule has 1 nitrogen and oxygen atoms in total. The Kier molecular flexibility index (Phi) is 9.36. The third-order valence-corrected chi connectivity index (χ3v) is 4.69. The fourth-order valence-corrected chi connectivity index (χ4v) is 3.16. The van der Waals surface area contributed by atoms with Gasteiger partial charge in [0.05, 0.1) is 0 Å². The van der Waals surface area contributed by atoms with E-state index in [0.717, 1.165) is 12.0 Å². The molecule has 23 heavy (non-hydrogen) atoms. The second kappa shape index (κ2) is 10.7. The van der Waals surface area contributed by atoms with E-state index in [-0.39, 0.29) is 5.41 Å². The van der Waals surface area contributed by atoms with Gasteiger partial charge in [0.25, 0.3) is 0 Å². The van der Waals surface area contributed by atoms with Gasteiger partial charge in [0, 0.05) is 0 Å². The molecule has 1 N–H and O–H groups in total. The van der Waals surface area contributed by atoms with Crippen LogP contribution in [0.2, 0.25) is 0 Å². The molecule has 1 aromatic rings. The summed E-state index contributed by atoms with van der Waals surface area (Å²) in [4.78, 5) is 0. The van der Waals surface area contributed by atoms with Crippen LogP contribution in [0.5, 0.6) is 5.75 Å². The van der Waals surface area contributed by atoms with Gasteiger partial charge in [0.15, 0.2) is 0 Å². The maximum atomic E-state index is 10.0. The van der Waals surface area contributed by atoms with Crippen LogP contribution in [0.4, 0.5) is 0 Å². The zero-order valence-electron chi connectivity index (χ0n) is 16.0. The van der Waals surface area contributed by atoms with Gasteiger partial charge < -0.3 is 5.11 Å². The summed E-state index contributed by atoms with van der Waals surface area (Å²) in [5, 5.41) is 10.0. The average Bonchev–Trinajstić information content (AvgIpc) is 2.49. The Morgan fingerprint density at radius 3 is 1.83 bits per heavy atom. The van der Waals surface area contributed by atoms with E-state index in [4.69, 9.17) is 0 Å². The van der Waals surface area contributed by atoms with Crippen molar-refractivity contribution in [1.82, 2.24) is 0 Å². The monoisotopic (exact) mass is 318 g/mol. The largest absolute Gasteiger partial charge is 0.508 e. The summed E-state index contributed by atoms with van der Waals surface area (Å²) >= 11 is 0. The molecular weight excluding hydrogens is 280 g/mol. The van der Waals surface area contributed by atoms with Crippen LogP contribution >= 0.6 is 0 Å². The van der Waals surface area contributed by atoms with Gasteiger partial charge >= 0.3 is 0 Å². The third-order valence-electron chi connectivity index (χ3n) is 4.69. The molecule has 0 atom stereocenters. The van der Waals surface area contributed by atoms with Crippen molar-refractivity contribution in [2.75, 3.05) is 0 Å². The van der Waals surface area contributed by atoms with E-state index in [1.54, 1.807) is 0 Å². The maximum absolute atomic E-state index is 10.0. The van der Waals surface area contributed by atoms with Crippen LogP contribution in [0.25, 0.3) is 0 Å². The van der Waals surface area contributed by atoms with Crippen LogP contribution in [0.1, 0.15) is 103 Å². The van der Waals surface area contributed by atoms with Crippen LogP contribution in [-0.2, 0) is 11.8 Å². The summed E-state index contributed by atoms with van der Waals surface area (Å²) < 4.78 is 0. The number of phenolic OH excluding ortho intramolecular Hbond substituents is 1. The van der Waals surface area contributed by atoms with E-state index < -0.39 is 0 Å². The number of rotatable bonds is 11. The van der Waals surface area contributed by atoms with Crippen molar-refractivity contribution >= 4 is 0 Å². The molecule has 132 valence electrons. The summed E-state index contributed by atoms with van der Waals surface area (Å²) in [6, 6.07) is 6.15. The van der Waals surface area contributed by atoms with Gasteiger partial charge in [0.2, 0.25) is 0 Å². The highest BCUT2D eigenvalue weighted by Gasteiger charge is 2.18. The molecule has 0 aliphatic carbocycles. The van der Waals surface area contributed by atoms with Gasteiger partial charge in [-0.1, -0.05) is 97.6 Å². The van der Waals surface area contributed by atoms with Gasteiger partial charge in [-0.05, 0) is 35.4 Å². The van der Waals surface area contributed by atoms with Crippen molar-refractivity contribution in [1.29, 1.82) is 0 Å². The van der Waals surface area contributed by atoms with Crippen LogP contribution in [0, 0.1) is 0 Å². The molecule has 0 fully saturated rings. The van der Waals surface area contributed by atoms with E-state index in [1.165, 1.54) is 69.8 Å². The molecule has 0 saturated carbocycles. The number of aromatic hydroxyl groups is 1. The first-order valence-electron chi connectivity index (χ1n) is 9.77. The number of aryl methyl sites for hydroxylation is 1. The Labute approximate surface area is 144 Å². The van der Waals surface area contributed by atoms with Crippen molar-refractivity contribution in [3.63, 3.8) is 0 Å². The van der Waals surface area contributed by atoms with Crippen molar-refractivity contribution in [2.24, 2.45) is 0 Å². The van der Waals surface area contributed by atoms with Crippen LogP contribution < -0.4 is 0 Å². The number of phenols is 1. The lowest BCUT2D eigenvalue weighted by Gasteiger charge is -2.21. The standard InChI is InChI=1S/C22H38O/c1-5-6-7-8-9-10-11-12-13-14-15-19-16-17-21(23)20(18-19)22(2,3)4/h16-18,23H,5-15H2,1-4H3. The van der Waals surface area contributed by atoms with E-state index in [9.17, 15) is 5.11 Å². The minimum Gasteiger partial charge on any atom is -0.508 e. The molecule has 0 aliphatic rings. The maximum Gasteiger partial charge on any atom is 0.119 e. The van der Waals surface area contributed by atoms with Crippen molar-refractivity contribution in [3.05, 3.63) is 29.3 Å². The first-order chi connectivity index (χ1) is 10.9. The van der Waals surface area contributed by atoms with E-state index >= 15 is 0 Å². The molecule has 0 saturated heterocycles. The number of hydrogen-bond donors (Lipinski definition) is 1. The fraction of sp³-hybridized carbons (Fsp3) is 0.727. The molecule has 0 amide bonds. The topological polar surface area (TPSA) is 20.2 Å². The average molecular weight is 319 g/mol. The summed E-state index contributed by atoms with van der Waals surface area (Å²) in [7, 11) is 0. The van der Waals surface area contributed by atoms with Crippen LogP contribution in [-0.4, -0.2) is 5.11 Å². The lowest BCUT2D eigenvalue weighted by Crippen LogP contribution is -2.11. The Morgan fingerprint density at radius 1 is 0.783 bits per heavy atom. The predicted octanol–water partition coefficient (Wildman–Crippen LogP) is 7.15. The molecule has 0 aliphatic heterocycles. The lowest BCUT2D eigenvalue weighted by atomic mass is 9.85. The minimum absolute atomic E-state index is 0.0118. The van der Waals surface area contributed by atoms with Crippen LogP contribution in [0.15, 0.2) is 18.2 Å². The van der Waals surface area contributed by atoms with Crippen molar-refractivity contribution in [2.45, 2.75) is 104 Å². The first kappa shape index (κ1) is 20.1. The second-order valence-electron chi connectivity index (χ2n) is 8.03. The minimum atomic E-state index is 0.0118. The molecular formula is C22H38O. The fourth-order valence-electron chi connectivity index (χ4n) is 3.16. The smallest absolute Gasteiger partial charge is 0.119 e. The second-order valence-corrected chi connectivity index (χ2v) is 8.03. The number of hydrogen-bond acceptors (Lipinski definition) is 1. The molecule has 1 heteroatoms. The van der Waals surface area contributed by atoms with Crippen LogP contribution in [0.3, 0.4) is 0 Å². The molecule has 1 rings (SSSR count). The Hall–Kier alpha value is -0.980. The number of unbranched alkanes of at least 4 members (excludes halogenated alkanes) is 9. The van der Waals surface area contributed by atoms with Gasteiger partial charge in [0.1, 0.15) is 5.75 Å². The van der Waals surface area contributed by atoms with E-state index in [0.29, 0.717) is 5.75 Å². The Morgan fingerprint density at radius 2 is 1.30 bits per heavy atom. The SMILES string of the molecule is CCCCCCCCCCCCc1ccc(O)c(C(C)(C)C)c1. The van der Waals surface area contributed by atoms with E-state index in [2.05, 4.69) is 39.8 Å². The molecule has 0 radical (unpaired) electrons. The summed E-state index contributed by atoms with van der Waals surface area (Å²) in [6.45, 7) is 8.75. The normalized spacial score (nSPS) is 11.8. The van der Waals surface area contributed by atoms with Crippen molar-refractivity contribution in [3.8, 4) is 5.75 Å². The molecule has 1 aromatic carbocycles. The quantitative estimate of drug-likeness (QED) is 0.429. The van der Waals surface area contributed by atoms with Gasteiger partial charge in [-0.3, -0.25) is 0 Å². The predicted molar refractivity (Wildman–Crippen MR) is 102 cm³/mol.